The van der Waals surface area contributed by atoms with E-state index < -0.39 is 0 Å². The summed E-state index contributed by atoms with van der Waals surface area (Å²) in [6.45, 7) is 19.9. The van der Waals surface area contributed by atoms with Crippen molar-refractivity contribution < 1.29 is 0 Å². The monoisotopic (exact) mass is 747 g/mol. The van der Waals surface area contributed by atoms with Gasteiger partial charge >= 0.3 is 0 Å². The molecule has 0 unspecified atom stereocenters. The third-order valence-electron chi connectivity index (χ3n) is 8.85. The summed E-state index contributed by atoms with van der Waals surface area (Å²) in [6.07, 6.45) is 4.61. The minimum absolute atomic E-state index is 0.799. The number of aromatic amines is 3. The number of fused-ring (bicyclic) bond motifs is 5. The Labute approximate surface area is 326 Å². The second kappa shape index (κ2) is 16.8. The Kier molecular flexibility index (Phi) is 11.7. The number of benzene rings is 1. The summed E-state index contributed by atoms with van der Waals surface area (Å²) >= 11 is 0. The van der Waals surface area contributed by atoms with Crippen molar-refractivity contribution in [3.05, 3.63) is 124 Å². The number of aliphatic imine (C=N–C) groups is 1. The molecule has 0 amide bonds. The first-order chi connectivity index (χ1) is 26.7. The maximum Gasteiger partial charge on any atom is 0.177 e. The molecular formula is C43H49N13. The van der Waals surface area contributed by atoms with Crippen LogP contribution >= 0.6 is 0 Å². The number of hydrogen-bond acceptors (Lipinski definition) is 9. The van der Waals surface area contributed by atoms with Gasteiger partial charge in [-0.05, 0) is 134 Å². The Bertz CT molecular complexity index is 2630. The van der Waals surface area contributed by atoms with Crippen molar-refractivity contribution in [2.45, 2.75) is 75.7 Å². The lowest BCUT2D eigenvalue weighted by Crippen LogP contribution is -1.92. The second-order valence-electron chi connectivity index (χ2n) is 14.2. The zero-order chi connectivity index (χ0) is 40.1. The van der Waals surface area contributed by atoms with Gasteiger partial charge in [0.2, 0.25) is 0 Å². The smallest absolute Gasteiger partial charge is 0.177 e. The number of aromatic nitrogens is 12. The van der Waals surface area contributed by atoms with Gasteiger partial charge in [0.05, 0.1) is 33.4 Å². The summed E-state index contributed by atoms with van der Waals surface area (Å²) < 4.78 is 1.99. The number of hydrogen-bond donors (Lipinski definition) is 3. The highest BCUT2D eigenvalue weighted by atomic mass is 15.1. The Balaban J connectivity index is 0.000000119. The molecule has 0 fully saturated rings. The van der Waals surface area contributed by atoms with Crippen molar-refractivity contribution in [2.24, 2.45) is 12.0 Å². The highest BCUT2D eigenvalue weighted by molar-refractivity contribution is 5.91. The fourth-order valence-electron chi connectivity index (χ4n) is 6.10. The van der Waals surface area contributed by atoms with E-state index in [9.17, 15) is 0 Å². The van der Waals surface area contributed by atoms with E-state index in [4.69, 9.17) is 0 Å². The molecule has 1 aliphatic heterocycles. The van der Waals surface area contributed by atoms with Crippen molar-refractivity contribution in [3.8, 4) is 0 Å². The first-order valence-electron chi connectivity index (χ1n) is 18.5. The average molecular weight is 748 g/mol. The molecule has 9 heterocycles. The molecule has 0 radical (unpaired) electrons. The van der Waals surface area contributed by atoms with Crippen LogP contribution in [0, 0.1) is 62.3 Å². The molecule has 13 heteroatoms. The number of imidazole rings is 4. The number of pyridine rings is 4. The molecule has 0 atom stereocenters. The normalized spacial score (nSPS) is 11.5. The lowest BCUT2D eigenvalue weighted by molar-refractivity contribution is 0.874. The minimum atomic E-state index is 0.799. The fraction of sp³-hybridized carbons (Fsp3) is 0.279. The summed E-state index contributed by atoms with van der Waals surface area (Å²) in [7, 11) is 1.98. The Hall–Kier alpha value is -6.63. The van der Waals surface area contributed by atoms with Gasteiger partial charge in [-0.25, -0.2) is 34.9 Å². The molecule has 0 spiro atoms. The molecular weight excluding hydrogens is 699 g/mol. The van der Waals surface area contributed by atoms with E-state index in [0.29, 0.717) is 0 Å². The van der Waals surface area contributed by atoms with Crippen LogP contribution < -0.4 is 0 Å². The van der Waals surface area contributed by atoms with Crippen LogP contribution in [0.25, 0.3) is 44.5 Å². The van der Waals surface area contributed by atoms with Crippen molar-refractivity contribution in [1.29, 1.82) is 0 Å². The quantitative estimate of drug-likeness (QED) is 0.138. The number of aryl methyl sites for hydroxylation is 10. The zero-order valence-corrected chi connectivity index (χ0v) is 34.0. The van der Waals surface area contributed by atoms with Crippen molar-refractivity contribution in [2.75, 3.05) is 0 Å². The van der Waals surface area contributed by atoms with Crippen LogP contribution in [0.2, 0.25) is 0 Å². The third kappa shape index (κ3) is 9.72. The Morgan fingerprint density at radius 1 is 0.518 bits per heavy atom. The molecule has 0 saturated heterocycles. The standard InChI is InChI=1S/C9H11N3.2C9H10N2.2C8H9N3/c1-6-4-8-9(10-5-6)12(3)7(2)11-8;1-6-3-4-8-9(10-6)5-7(2)11-8;1-6-3-4-8-9(5-6)11-7(2)10-8;1-5-3-7-8(9-4-5)11-6(2)10-7;1-5-3-4-7-8(9-5)11-6(2)10-7/h4-5H,1-3H3;3-4H,5H2,1-2H3;3-5H,1-2H3,(H,10,11);2*3-4H,1-2H3,(H,9,10,11). The summed E-state index contributed by atoms with van der Waals surface area (Å²) in [5.74, 6) is 3.81. The molecule has 3 N–H and O–H groups in total. The van der Waals surface area contributed by atoms with Gasteiger partial charge in [0, 0.05) is 43.0 Å². The Morgan fingerprint density at radius 3 is 1.93 bits per heavy atom. The van der Waals surface area contributed by atoms with E-state index in [0.717, 1.165) is 114 Å². The van der Waals surface area contributed by atoms with E-state index in [2.05, 4.69) is 84.9 Å². The summed E-state index contributed by atoms with van der Waals surface area (Å²) in [5, 5.41) is 0. The first-order valence-corrected chi connectivity index (χ1v) is 18.5. The predicted octanol–water partition coefficient (Wildman–Crippen LogP) is 8.95. The molecule has 0 bridgehead atoms. The highest BCUT2D eigenvalue weighted by Gasteiger charge is 2.11. The Morgan fingerprint density at radius 2 is 1.14 bits per heavy atom. The molecule has 10 rings (SSSR count). The largest absolute Gasteiger partial charge is 0.342 e. The SMILES string of the molecule is CC1=Nc2ccc(C)nc2C1.Cc1ccc2[nH]c(C)nc2n1.Cc1ccc2nc(C)[nH]c2c1.Cc1cnc2c(c1)nc(C)n2C.Cc1cnc2nc(C)[nH]c2c1. The van der Waals surface area contributed by atoms with Crippen LogP contribution in [0.1, 0.15) is 64.0 Å². The topological polar surface area (TPSA) is 168 Å². The van der Waals surface area contributed by atoms with E-state index in [1.807, 2.05) is 123 Å². The molecule has 13 nitrogen and oxygen atoms in total. The fourth-order valence-corrected chi connectivity index (χ4v) is 6.10. The molecule has 56 heavy (non-hydrogen) atoms. The van der Waals surface area contributed by atoms with Crippen LogP contribution in [0.15, 0.2) is 72.0 Å². The lowest BCUT2D eigenvalue weighted by atomic mass is 10.2. The molecule has 0 saturated carbocycles. The van der Waals surface area contributed by atoms with Crippen LogP contribution in [0.5, 0.6) is 0 Å². The number of H-pyrrole nitrogens is 3. The average Bonchev–Trinajstić information content (AvgIpc) is 3.95. The van der Waals surface area contributed by atoms with Crippen molar-refractivity contribution >= 4 is 55.9 Å². The van der Waals surface area contributed by atoms with Gasteiger partial charge in [-0.2, -0.15) is 0 Å². The molecule has 9 aromatic rings. The zero-order valence-electron chi connectivity index (χ0n) is 34.0. The van der Waals surface area contributed by atoms with Crippen molar-refractivity contribution in [1.82, 2.24) is 59.4 Å². The molecule has 1 aromatic carbocycles. The molecule has 0 aliphatic carbocycles. The summed E-state index contributed by atoms with van der Waals surface area (Å²) in [5.41, 5.74) is 16.7. The van der Waals surface area contributed by atoms with E-state index in [-0.39, 0.29) is 0 Å². The van der Waals surface area contributed by atoms with E-state index >= 15 is 0 Å². The first kappa shape index (κ1) is 39.1. The maximum atomic E-state index is 4.39. The number of nitrogens with zero attached hydrogens (tertiary/aromatic N) is 10. The van der Waals surface area contributed by atoms with Gasteiger partial charge < -0.3 is 19.5 Å². The molecule has 286 valence electrons. The van der Waals surface area contributed by atoms with Crippen LogP contribution in [-0.4, -0.2) is 65.1 Å². The van der Waals surface area contributed by atoms with Crippen LogP contribution in [-0.2, 0) is 13.5 Å². The lowest BCUT2D eigenvalue weighted by Gasteiger charge is -1.95. The van der Waals surface area contributed by atoms with E-state index in [1.165, 1.54) is 5.56 Å². The number of nitrogens with one attached hydrogen (secondary N) is 3. The van der Waals surface area contributed by atoms with Gasteiger partial charge in [-0.15, -0.1) is 0 Å². The maximum absolute atomic E-state index is 4.39. The van der Waals surface area contributed by atoms with Gasteiger partial charge in [0.25, 0.3) is 0 Å². The second-order valence-corrected chi connectivity index (χ2v) is 14.2. The van der Waals surface area contributed by atoms with Gasteiger partial charge in [0.15, 0.2) is 16.9 Å². The summed E-state index contributed by atoms with van der Waals surface area (Å²) in [6, 6.07) is 18.3. The van der Waals surface area contributed by atoms with Crippen LogP contribution in [0.4, 0.5) is 5.69 Å². The van der Waals surface area contributed by atoms with Gasteiger partial charge in [-0.3, -0.25) is 9.98 Å². The van der Waals surface area contributed by atoms with E-state index in [1.54, 1.807) is 0 Å². The molecule has 8 aromatic heterocycles. The molecule has 1 aliphatic rings. The van der Waals surface area contributed by atoms with Gasteiger partial charge in [0.1, 0.15) is 28.8 Å². The minimum Gasteiger partial charge on any atom is -0.342 e. The van der Waals surface area contributed by atoms with Crippen LogP contribution in [0.3, 0.4) is 0 Å². The van der Waals surface area contributed by atoms with Crippen molar-refractivity contribution in [3.63, 3.8) is 0 Å². The van der Waals surface area contributed by atoms with Gasteiger partial charge in [-0.1, -0.05) is 6.07 Å². The third-order valence-corrected chi connectivity index (χ3v) is 8.85. The summed E-state index contributed by atoms with van der Waals surface area (Å²) in [4.78, 5) is 47.9. The number of rotatable bonds is 0. The highest BCUT2D eigenvalue weighted by Crippen LogP contribution is 2.24. The predicted molar refractivity (Wildman–Crippen MR) is 226 cm³/mol.